The summed E-state index contributed by atoms with van der Waals surface area (Å²) in [6.07, 6.45) is 0.949. The molecule has 2 aliphatic heterocycles. The van der Waals surface area contributed by atoms with Crippen molar-refractivity contribution in [2.24, 2.45) is 15.9 Å². The molecule has 2 saturated heterocycles. The number of amidine groups is 1. The van der Waals surface area contributed by atoms with Gasteiger partial charge >= 0.3 is 10.4 Å². The average molecular weight is 611 g/mol. The molecule has 1 aromatic carbocycles. The molecular formula is C23H30N8O8S2. The van der Waals surface area contributed by atoms with E-state index in [1.165, 1.54) is 19.2 Å². The number of nitrogens with one attached hydrogen (secondary N) is 2. The molecule has 1 unspecified atom stereocenters. The number of hydrogen-bond donors (Lipinski definition) is 5. The Morgan fingerprint density at radius 2 is 2.05 bits per heavy atom. The fourth-order valence-corrected chi connectivity index (χ4v) is 5.07. The summed E-state index contributed by atoms with van der Waals surface area (Å²) in [5.41, 5.74) is 11.1. The van der Waals surface area contributed by atoms with E-state index in [4.69, 9.17) is 25.6 Å². The van der Waals surface area contributed by atoms with Crippen molar-refractivity contribution in [2.45, 2.75) is 37.9 Å². The highest BCUT2D eigenvalue weighted by Gasteiger charge is 2.58. The van der Waals surface area contributed by atoms with Gasteiger partial charge in [-0.1, -0.05) is 5.16 Å². The number of aliphatic imine (C=N–C) groups is 1. The molecule has 41 heavy (non-hydrogen) atoms. The van der Waals surface area contributed by atoms with Gasteiger partial charge in [-0.15, -0.1) is 15.6 Å². The standard InChI is InChI=1S/C23H30N8O8S2/c1-23(2)18(21(33)31(23)39-41(34,35)36)29-20(32)17(16-12-40-22(25)28-16)30-38-10-9-37-15-5-3-13(4-6-15)19(24)27-14-7-8-26-11-14/h3-6,12,14,18,26H,7-11H2,1-2H3,(H2,24,27)(H2,25,28)(H,29,32)(H,34,35,36)/b30-17-/t14?,18-/m1/s1. The van der Waals surface area contributed by atoms with Crippen LogP contribution in [0.3, 0.4) is 0 Å². The number of benzene rings is 1. The number of hydrogen-bond acceptors (Lipinski definition) is 13. The van der Waals surface area contributed by atoms with Crippen molar-refractivity contribution in [1.29, 1.82) is 0 Å². The zero-order valence-corrected chi connectivity index (χ0v) is 23.8. The first-order valence-electron chi connectivity index (χ1n) is 12.4. The van der Waals surface area contributed by atoms with Gasteiger partial charge < -0.3 is 31.7 Å². The lowest BCUT2D eigenvalue weighted by Crippen LogP contribution is -2.76. The molecule has 7 N–H and O–H groups in total. The summed E-state index contributed by atoms with van der Waals surface area (Å²) in [5.74, 6) is -0.717. The molecule has 0 saturated carbocycles. The Hall–Kier alpha value is -3.84. The molecule has 2 aliphatic rings. The molecule has 2 atom stereocenters. The van der Waals surface area contributed by atoms with Gasteiger partial charge in [-0.25, -0.2) is 4.98 Å². The Labute approximate surface area is 239 Å². The Morgan fingerprint density at radius 3 is 2.63 bits per heavy atom. The van der Waals surface area contributed by atoms with Crippen LogP contribution in [0.15, 0.2) is 39.8 Å². The first-order chi connectivity index (χ1) is 19.3. The van der Waals surface area contributed by atoms with E-state index in [1.807, 2.05) is 0 Å². The number of carbonyl (C=O) groups is 2. The van der Waals surface area contributed by atoms with Crippen LogP contribution >= 0.6 is 11.3 Å². The Bertz CT molecular complexity index is 1440. The monoisotopic (exact) mass is 610 g/mol. The van der Waals surface area contributed by atoms with Crippen molar-refractivity contribution in [1.82, 2.24) is 20.7 Å². The van der Waals surface area contributed by atoms with Gasteiger partial charge in [0.1, 0.15) is 29.9 Å². The van der Waals surface area contributed by atoms with E-state index in [1.54, 1.807) is 24.3 Å². The molecule has 4 rings (SSSR count). The van der Waals surface area contributed by atoms with Crippen LogP contribution in [0.5, 0.6) is 5.75 Å². The molecule has 222 valence electrons. The highest BCUT2D eigenvalue weighted by atomic mass is 32.3. The maximum absolute atomic E-state index is 13.0. The van der Waals surface area contributed by atoms with Crippen LogP contribution in [0.25, 0.3) is 0 Å². The van der Waals surface area contributed by atoms with Crippen molar-refractivity contribution in [3.63, 3.8) is 0 Å². The molecule has 16 nitrogen and oxygen atoms in total. The number of nitrogens with two attached hydrogens (primary N) is 2. The molecule has 3 heterocycles. The minimum Gasteiger partial charge on any atom is -0.490 e. The normalized spacial score (nSPS) is 21.0. The van der Waals surface area contributed by atoms with Gasteiger partial charge in [0, 0.05) is 17.5 Å². The third kappa shape index (κ3) is 7.47. The van der Waals surface area contributed by atoms with Crippen molar-refractivity contribution in [3.8, 4) is 5.75 Å². The zero-order valence-electron chi connectivity index (χ0n) is 22.1. The highest BCUT2D eigenvalue weighted by Crippen LogP contribution is 2.33. The molecular weight excluding hydrogens is 580 g/mol. The number of ether oxygens (including phenoxy) is 1. The van der Waals surface area contributed by atoms with Crippen LogP contribution in [-0.4, -0.2) is 90.3 Å². The molecule has 2 fully saturated rings. The van der Waals surface area contributed by atoms with E-state index in [0.717, 1.165) is 36.4 Å². The molecule has 2 amide bonds. The zero-order chi connectivity index (χ0) is 29.8. The quantitative estimate of drug-likeness (QED) is 0.0508. The second-order valence-electron chi connectivity index (χ2n) is 9.57. The van der Waals surface area contributed by atoms with Gasteiger partial charge in [-0.05, 0) is 51.1 Å². The lowest BCUT2D eigenvalue weighted by molar-refractivity contribution is -0.218. The summed E-state index contributed by atoms with van der Waals surface area (Å²) >= 11 is 1.06. The van der Waals surface area contributed by atoms with Crippen molar-refractivity contribution < 1.29 is 36.4 Å². The summed E-state index contributed by atoms with van der Waals surface area (Å²) in [7, 11) is -4.94. The summed E-state index contributed by atoms with van der Waals surface area (Å²) in [4.78, 5) is 39.3. The highest BCUT2D eigenvalue weighted by molar-refractivity contribution is 7.80. The average Bonchev–Trinajstić information content (AvgIpc) is 3.59. The van der Waals surface area contributed by atoms with Gasteiger partial charge in [0.2, 0.25) is 0 Å². The van der Waals surface area contributed by atoms with E-state index in [0.29, 0.717) is 16.6 Å². The van der Waals surface area contributed by atoms with Crippen LogP contribution < -0.4 is 26.8 Å². The molecule has 0 radical (unpaired) electrons. The Morgan fingerprint density at radius 1 is 1.32 bits per heavy atom. The van der Waals surface area contributed by atoms with Crippen LogP contribution in [-0.2, 0) is 29.1 Å². The number of aromatic nitrogens is 1. The smallest absolute Gasteiger partial charge is 0.418 e. The van der Waals surface area contributed by atoms with Gasteiger partial charge in [-0.3, -0.25) is 19.1 Å². The van der Waals surface area contributed by atoms with Crippen molar-refractivity contribution in [3.05, 3.63) is 40.9 Å². The Balaban J connectivity index is 1.33. The first kappa shape index (κ1) is 30.1. The third-order valence-corrected chi connectivity index (χ3v) is 7.22. The number of hydroxylamine groups is 2. The molecule has 2 aromatic rings. The number of carbonyl (C=O) groups excluding carboxylic acids is 2. The van der Waals surface area contributed by atoms with Crippen molar-refractivity contribution in [2.75, 3.05) is 32.0 Å². The number of nitrogens with zero attached hydrogens (tertiary/aromatic N) is 4. The van der Waals surface area contributed by atoms with Crippen LogP contribution in [0.4, 0.5) is 5.13 Å². The predicted molar refractivity (Wildman–Crippen MR) is 148 cm³/mol. The second kappa shape index (κ2) is 12.4. The van der Waals surface area contributed by atoms with Gasteiger partial charge in [-0.2, -0.15) is 13.5 Å². The number of anilines is 1. The number of nitrogen functional groups attached to an aromatic ring is 1. The maximum Gasteiger partial charge on any atom is 0.418 e. The van der Waals surface area contributed by atoms with E-state index < -0.39 is 33.8 Å². The predicted octanol–water partition coefficient (Wildman–Crippen LogP) is -0.568. The summed E-state index contributed by atoms with van der Waals surface area (Å²) in [6, 6.07) is 6.07. The summed E-state index contributed by atoms with van der Waals surface area (Å²) in [5, 5.41) is 11.7. The minimum atomic E-state index is -4.94. The number of thiazole rings is 1. The van der Waals surface area contributed by atoms with Gasteiger partial charge in [0.05, 0.1) is 11.6 Å². The fourth-order valence-electron chi connectivity index (χ4n) is 4.07. The molecule has 0 aliphatic carbocycles. The third-order valence-electron chi connectivity index (χ3n) is 6.21. The largest absolute Gasteiger partial charge is 0.490 e. The van der Waals surface area contributed by atoms with Gasteiger partial charge in [0.15, 0.2) is 17.5 Å². The molecule has 1 aromatic heterocycles. The van der Waals surface area contributed by atoms with Crippen LogP contribution in [0, 0.1) is 0 Å². The Kier molecular flexibility index (Phi) is 9.08. The van der Waals surface area contributed by atoms with E-state index in [9.17, 15) is 18.0 Å². The number of amides is 2. The van der Waals surface area contributed by atoms with E-state index in [-0.39, 0.29) is 35.8 Å². The lowest BCUT2D eigenvalue weighted by atomic mass is 9.84. The van der Waals surface area contributed by atoms with Crippen molar-refractivity contribution >= 4 is 50.2 Å². The lowest BCUT2D eigenvalue weighted by Gasteiger charge is -2.50. The van der Waals surface area contributed by atoms with Crippen LogP contribution in [0.1, 0.15) is 31.5 Å². The summed E-state index contributed by atoms with van der Waals surface area (Å²) in [6.45, 7) is 4.64. The number of β-lactam (4-membered cyclic amide) rings is 1. The van der Waals surface area contributed by atoms with Gasteiger partial charge in [0.25, 0.3) is 11.8 Å². The second-order valence-corrected chi connectivity index (χ2v) is 11.5. The number of rotatable bonds is 12. The van der Waals surface area contributed by atoms with Crippen LogP contribution in [0.2, 0.25) is 0 Å². The topological polar surface area (TPSA) is 233 Å². The molecule has 18 heteroatoms. The van der Waals surface area contributed by atoms with E-state index >= 15 is 0 Å². The molecule has 0 bridgehead atoms. The maximum atomic E-state index is 13.0. The fraction of sp³-hybridized carbons (Fsp3) is 0.435. The first-order valence-corrected chi connectivity index (χ1v) is 14.6. The molecule has 0 spiro atoms. The van der Waals surface area contributed by atoms with E-state index in [2.05, 4.69) is 30.0 Å². The minimum absolute atomic E-state index is 0.0414. The SMILES string of the molecule is CC1(C)[C@H](NC(=O)/C(=N\OCCOc2ccc(C(N)=NC3CCNC3)cc2)c2csc(N)n2)C(=O)N1OS(=O)(=O)O. The number of oxime groups is 1. The summed E-state index contributed by atoms with van der Waals surface area (Å²) < 4.78 is 40.9.